The Morgan fingerprint density at radius 3 is 1.45 bits per heavy atom. The van der Waals surface area contributed by atoms with Crippen LogP contribution in [0.3, 0.4) is 0 Å². The van der Waals surface area contributed by atoms with Crippen LogP contribution in [0.25, 0.3) is 0 Å². The molecule has 0 radical (unpaired) electrons. The molecule has 2 atom stereocenters. The third-order valence-corrected chi connectivity index (χ3v) is 3.61. The number of ether oxygens (including phenoxy) is 2. The first-order valence-corrected chi connectivity index (χ1v) is 6.59. The quantitative estimate of drug-likeness (QED) is 0.643. The predicted octanol–water partition coefficient (Wildman–Crippen LogP) is -0.585. The zero-order chi connectivity index (χ0) is 16.6. The van der Waals surface area contributed by atoms with Gasteiger partial charge in [-0.2, -0.15) is 0 Å². The molecule has 2 fully saturated rings. The number of rotatable bonds is 4. The van der Waals surface area contributed by atoms with Crippen LogP contribution in [0.2, 0.25) is 0 Å². The Bertz CT molecular complexity index is 478. The SMILES string of the molecule is CC(=O)OCN1C(=O)N(C)[C@H]2[C@@H]1N(C)C(=O)N2COC(C)=O. The van der Waals surface area contributed by atoms with E-state index in [1.807, 2.05) is 0 Å². The summed E-state index contributed by atoms with van der Waals surface area (Å²) >= 11 is 0. The van der Waals surface area contributed by atoms with Crippen molar-refractivity contribution < 1.29 is 28.7 Å². The Kier molecular flexibility index (Phi) is 4.11. The van der Waals surface area contributed by atoms with Gasteiger partial charge in [0.2, 0.25) is 0 Å². The largest absolute Gasteiger partial charge is 0.444 e. The second kappa shape index (κ2) is 5.70. The first-order valence-electron chi connectivity index (χ1n) is 6.59. The lowest BCUT2D eigenvalue weighted by molar-refractivity contribution is -0.147. The van der Waals surface area contributed by atoms with Crippen molar-refractivity contribution in [2.24, 2.45) is 0 Å². The highest BCUT2D eigenvalue weighted by Gasteiger charge is 2.57. The van der Waals surface area contributed by atoms with Crippen LogP contribution in [-0.2, 0) is 19.1 Å². The van der Waals surface area contributed by atoms with Crippen LogP contribution in [-0.4, -0.2) is 83.5 Å². The summed E-state index contributed by atoms with van der Waals surface area (Å²) in [6.07, 6.45) is -1.25. The van der Waals surface area contributed by atoms with Crippen molar-refractivity contribution in [2.75, 3.05) is 27.6 Å². The van der Waals surface area contributed by atoms with E-state index in [4.69, 9.17) is 9.47 Å². The smallest absolute Gasteiger partial charge is 0.326 e. The number of esters is 2. The van der Waals surface area contributed by atoms with Crippen LogP contribution in [0.1, 0.15) is 13.8 Å². The molecule has 0 aromatic heterocycles. The molecule has 0 bridgehead atoms. The maximum atomic E-state index is 12.3. The Labute approximate surface area is 127 Å². The molecule has 2 aliphatic heterocycles. The van der Waals surface area contributed by atoms with Crippen LogP contribution in [0.4, 0.5) is 9.59 Å². The molecule has 122 valence electrons. The lowest BCUT2D eigenvalue weighted by atomic mass is 10.3. The van der Waals surface area contributed by atoms with Gasteiger partial charge in [0.15, 0.2) is 25.8 Å². The second-order valence-corrected chi connectivity index (χ2v) is 5.08. The van der Waals surface area contributed by atoms with E-state index in [0.717, 1.165) is 0 Å². The van der Waals surface area contributed by atoms with Crippen molar-refractivity contribution in [1.82, 2.24) is 19.6 Å². The van der Waals surface area contributed by atoms with Gasteiger partial charge in [0.1, 0.15) is 0 Å². The van der Waals surface area contributed by atoms with Gasteiger partial charge in [0.05, 0.1) is 0 Å². The van der Waals surface area contributed by atoms with Gasteiger partial charge in [0.25, 0.3) is 0 Å². The van der Waals surface area contributed by atoms with Crippen molar-refractivity contribution in [3.63, 3.8) is 0 Å². The summed E-state index contributed by atoms with van der Waals surface area (Å²) < 4.78 is 9.73. The molecule has 0 aromatic rings. The Hall–Kier alpha value is -2.52. The number of carbonyl (C=O) groups is 4. The van der Waals surface area contributed by atoms with E-state index < -0.39 is 24.3 Å². The van der Waals surface area contributed by atoms with Gasteiger partial charge >= 0.3 is 24.0 Å². The van der Waals surface area contributed by atoms with Crippen LogP contribution < -0.4 is 0 Å². The van der Waals surface area contributed by atoms with E-state index in [1.165, 1.54) is 47.5 Å². The molecule has 22 heavy (non-hydrogen) atoms. The molecular weight excluding hydrogens is 296 g/mol. The molecule has 0 aliphatic carbocycles. The number of amides is 4. The number of carbonyl (C=O) groups excluding carboxylic acids is 4. The zero-order valence-electron chi connectivity index (χ0n) is 12.8. The van der Waals surface area contributed by atoms with Crippen LogP contribution >= 0.6 is 0 Å². The zero-order valence-corrected chi connectivity index (χ0v) is 12.8. The molecule has 2 aliphatic rings. The fourth-order valence-corrected chi connectivity index (χ4v) is 2.58. The number of hydrogen-bond acceptors (Lipinski definition) is 6. The first kappa shape index (κ1) is 15.9. The lowest BCUT2D eigenvalue weighted by Gasteiger charge is -2.25. The van der Waals surface area contributed by atoms with E-state index >= 15 is 0 Å². The molecule has 0 aromatic carbocycles. The Balaban J connectivity index is 2.21. The van der Waals surface area contributed by atoms with Crippen LogP contribution in [0.15, 0.2) is 0 Å². The molecule has 0 saturated carbocycles. The van der Waals surface area contributed by atoms with Gasteiger partial charge < -0.3 is 19.3 Å². The molecule has 10 nitrogen and oxygen atoms in total. The maximum Gasteiger partial charge on any atom is 0.326 e. The summed E-state index contributed by atoms with van der Waals surface area (Å²) in [6.45, 7) is 1.97. The van der Waals surface area contributed by atoms with Gasteiger partial charge in [-0.3, -0.25) is 19.4 Å². The van der Waals surface area contributed by atoms with Crippen molar-refractivity contribution >= 4 is 24.0 Å². The average molecular weight is 314 g/mol. The molecule has 4 amide bonds. The number of hydrogen-bond donors (Lipinski definition) is 0. The number of likely N-dealkylation sites (N-methyl/N-ethyl adjacent to an activating group) is 2. The number of nitrogens with zero attached hydrogens (tertiary/aromatic N) is 4. The summed E-state index contributed by atoms with van der Waals surface area (Å²) in [5, 5.41) is 0. The standard InChI is InChI=1S/C12H18N4O6/c1-7(17)21-5-15-9-10(14(4)11(15)19)16(6-22-8(2)18)12(20)13(9)3/h9-10H,5-6H2,1-4H3/t9-,10-/m1/s1. The van der Waals surface area contributed by atoms with Gasteiger partial charge in [-0.25, -0.2) is 9.59 Å². The minimum atomic E-state index is -0.625. The molecule has 2 rings (SSSR count). The number of fused-ring (bicyclic) bond motifs is 1. The van der Waals surface area contributed by atoms with Crippen molar-refractivity contribution in [3.05, 3.63) is 0 Å². The second-order valence-electron chi connectivity index (χ2n) is 5.08. The van der Waals surface area contributed by atoms with E-state index in [9.17, 15) is 19.2 Å². The normalized spacial score (nSPS) is 24.0. The van der Waals surface area contributed by atoms with E-state index in [1.54, 1.807) is 0 Å². The highest BCUT2D eigenvalue weighted by atomic mass is 16.6. The van der Waals surface area contributed by atoms with E-state index in [0.29, 0.717) is 0 Å². The van der Waals surface area contributed by atoms with Crippen LogP contribution in [0, 0.1) is 0 Å². The fraction of sp³-hybridized carbons (Fsp3) is 0.667. The van der Waals surface area contributed by atoms with Crippen molar-refractivity contribution in [1.29, 1.82) is 0 Å². The summed E-state index contributed by atoms with van der Waals surface area (Å²) in [6, 6.07) is -0.771. The third-order valence-electron chi connectivity index (χ3n) is 3.61. The minimum absolute atomic E-state index is 0.251. The molecular formula is C12H18N4O6. The topological polar surface area (TPSA) is 99.7 Å². The van der Waals surface area contributed by atoms with E-state index in [2.05, 4.69) is 0 Å². The molecule has 2 heterocycles. The minimum Gasteiger partial charge on any atom is -0.444 e. The summed E-state index contributed by atoms with van der Waals surface area (Å²) in [5.41, 5.74) is 0. The molecule has 0 unspecified atom stereocenters. The molecule has 2 saturated heterocycles. The highest BCUT2D eigenvalue weighted by Crippen LogP contribution is 2.32. The maximum absolute atomic E-state index is 12.3. The van der Waals surface area contributed by atoms with E-state index in [-0.39, 0.29) is 25.5 Å². The predicted molar refractivity (Wildman–Crippen MR) is 70.8 cm³/mol. The molecule has 0 N–H and O–H groups in total. The first-order chi connectivity index (χ1) is 10.3. The highest BCUT2D eigenvalue weighted by molar-refractivity contribution is 5.85. The third kappa shape index (κ3) is 2.51. The summed E-state index contributed by atoms with van der Waals surface area (Å²) in [4.78, 5) is 51.6. The Morgan fingerprint density at radius 2 is 1.18 bits per heavy atom. The molecule has 10 heteroatoms. The average Bonchev–Trinajstić information content (AvgIpc) is 2.82. The summed E-state index contributed by atoms with van der Waals surface area (Å²) in [7, 11) is 3.06. The van der Waals surface area contributed by atoms with Crippen molar-refractivity contribution in [2.45, 2.75) is 26.2 Å². The summed E-state index contributed by atoms with van der Waals surface area (Å²) in [5.74, 6) is -1.05. The number of urea groups is 2. The fourth-order valence-electron chi connectivity index (χ4n) is 2.58. The van der Waals surface area contributed by atoms with Gasteiger partial charge in [0, 0.05) is 27.9 Å². The molecule has 0 spiro atoms. The van der Waals surface area contributed by atoms with Gasteiger partial charge in [-0.15, -0.1) is 0 Å². The Morgan fingerprint density at radius 1 is 0.864 bits per heavy atom. The van der Waals surface area contributed by atoms with Gasteiger partial charge in [-0.05, 0) is 0 Å². The van der Waals surface area contributed by atoms with Crippen LogP contribution in [0.5, 0.6) is 0 Å². The van der Waals surface area contributed by atoms with Crippen molar-refractivity contribution in [3.8, 4) is 0 Å². The van der Waals surface area contributed by atoms with Gasteiger partial charge in [-0.1, -0.05) is 0 Å². The monoisotopic (exact) mass is 314 g/mol. The lowest BCUT2D eigenvalue weighted by Crippen LogP contribution is -2.45.